The maximum Gasteiger partial charge on any atom is 0.295 e. The van der Waals surface area contributed by atoms with Gasteiger partial charge in [-0.1, -0.05) is 0 Å². The molecule has 0 saturated heterocycles. The average Bonchev–Trinajstić information content (AvgIpc) is 2.68. The molecule has 31 heavy (non-hydrogen) atoms. The Hall–Kier alpha value is -4.14. The van der Waals surface area contributed by atoms with E-state index in [9.17, 15) is 30.3 Å². The van der Waals surface area contributed by atoms with Crippen LogP contribution in [0.4, 0.5) is 0 Å². The summed E-state index contributed by atoms with van der Waals surface area (Å²) in [6.45, 7) is 2.98. The van der Waals surface area contributed by atoms with Gasteiger partial charge in [0.05, 0.1) is 17.7 Å². The molecule has 0 unspecified atom stereocenters. The second kappa shape index (κ2) is 8.31. The van der Waals surface area contributed by atoms with Gasteiger partial charge in [0.25, 0.3) is 15.7 Å². The molecule has 2 heterocycles. The monoisotopic (exact) mass is 430 g/mol. The second-order valence-electron chi connectivity index (χ2n) is 7.35. The first-order valence-electron chi connectivity index (χ1n) is 9.15. The van der Waals surface area contributed by atoms with Crippen LogP contribution < -0.4 is 10.3 Å². The van der Waals surface area contributed by atoms with E-state index in [0.717, 1.165) is 0 Å². The van der Waals surface area contributed by atoms with Crippen LogP contribution in [0.1, 0.15) is 36.6 Å². The Kier molecular flexibility index (Phi) is 5.78. The molecule has 1 aromatic carbocycles. The number of benzene rings is 1. The number of fused-ring (bicyclic) bond motifs is 1. The van der Waals surface area contributed by atoms with E-state index in [-0.39, 0.29) is 18.6 Å². The van der Waals surface area contributed by atoms with Crippen LogP contribution >= 0.6 is 0 Å². The second-order valence-corrected chi connectivity index (χ2v) is 7.35. The lowest BCUT2D eigenvalue weighted by atomic mass is 9.85. The minimum absolute atomic E-state index is 0.125. The topological polar surface area (TPSA) is 160 Å². The Balaban J connectivity index is 2.09. The van der Waals surface area contributed by atoms with Crippen molar-refractivity contribution in [2.24, 2.45) is 0 Å². The van der Waals surface area contributed by atoms with Gasteiger partial charge in [0.2, 0.25) is 0 Å². The fraction of sp³-hybridized carbons (Fsp3) is 0.368. The van der Waals surface area contributed by atoms with Crippen molar-refractivity contribution in [3.63, 3.8) is 0 Å². The highest BCUT2D eigenvalue weighted by molar-refractivity contribution is 5.47. The van der Waals surface area contributed by atoms with Crippen LogP contribution in [0.2, 0.25) is 0 Å². The van der Waals surface area contributed by atoms with Gasteiger partial charge in [-0.25, -0.2) is 0 Å². The normalized spacial score (nSPS) is 18.7. The van der Waals surface area contributed by atoms with Gasteiger partial charge in [0, 0.05) is 17.8 Å². The maximum atomic E-state index is 12.9. The molecule has 0 N–H and O–H groups in total. The molecular weight excluding hydrogens is 412 g/mol. The summed E-state index contributed by atoms with van der Waals surface area (Å²) in [5.74, 6) is 0.368. The predicted octanol–water partition coefficient (Wildman–Crippen LogP) is 1.81. The third-order valence-electron chi connectivity index (χ3n) is 4.90. The summed E-state index contributed by atoms with van der Waals surface area (Å²) in [5, 5.41) is 28.9. The molecule has 0 saturated carbocycles. The molecular formula is C19H18N4O8. The summed E-state index contributed by atoms with van der Waals surface area (Å²) in [6, 6.07) is 8.47. The molecule has 0 bridgehead atoms. The SMILES string of the molecule is CC1(C)Oc2ccc(C#N)cc2[C@@H](n2ccc(CCO[N+](=O)[O-])cc2=O)[C@@H]1O[N+](=O)[O-]. The van der Waals surface area contributed by atoms with Gasteiger partial charge in [-0.2, -0.15) is 5.26 Å². The lowest BCUT2D eigenvalue weighted by Gasteiger charge is -2.43. The summed E-state index contributed by atoms with van der Waals surface area (Å²) in [6.07, 6.45) is 0.348. The quantitative estimate of drug-likeness (QED) is 0.471. The van der Waals surface area contributed by atoms with Crippen LogP contribution in [0.25, 0.3) is 0 Å². The molecule has 0 amide bonds. The molecule has 12 heteroatoms. The van der Waals surface area contributed by atoms with Gasteiger partial charge >= 0.3 is 0 Å². The molecule has 1 aliphatic rings. The first kappa shape index (κ1) is 21.6. The maximum absolute atomic E-state index is 12.9. The molecule has 2 aromatic rings. The van der Waals surface area contributed by atoms with Crippen molar-refractivity contribution in [1.82, 2.24) is 4.57 Å². The number of aromatic nitrogens is 1. The predicted molar refractivity (Wildman–Crippen MR) is 103 cm³/mol. The van der Waals surface area contributed by atoms with E-state index in [1.54, 1.807) is 32.0 Å². The molecule has 3 rings (SSSR count). The Labute approximate surface area is 175 Å². The number of ether oxygens (including phenoxy) is 1. The van der Waals surface area contributed by atoms with Gasteiger partial charge in [0.1, 0.15) is 18.0 Å². The lowest BCUT2D eigenvalue weighted by Crippen LogP contribution is -2.54. The van der Waals surface area contributed by atoms with Gasteiger partial charge < -0.3 is 19.0 Å². The van der Waals surface area contributed by atoms with Crippen molar-refractivity contribution in [2.75, 3.05) is 6.61 Å². The fourth-order valence-corrected chi connectivity index (χ4v) is 3.55. The van der Waals surface area contributed by atoms with Crippen molar-refractivity contribution in [3.8, 4) is 11.8 Å². The van der Waals surface area contributed by atoms with Gasteiger partial charge in [0.15, 0.2) is 6.10 Å². The first-order chi connectivity index (χ1) is 14.6. The van der Waals surface area contributed by atoms with Crippen LogP contribution in [0.5, 0.6) is 5.75 Å². The van der Waals surface area contributed by atoms with Gasteiger partial charge in [-0.15, -0.1) is 20.2 Å². The number of hydrogen-bond acceptors (Lipinski definition) is 9. The number of nitrogens with zero attached hydrogens (tertiary/aromatic N) is 4. The van der Waals surface area contributed by atoms with Crippen molar-refractivity contribution in [3.05, 3.63) is 83.8 Å². The third-order valence-corrected chi connectivity index (χ3v) is 4.90. The summed E-state index contributed by atoms with van der Waals surface area (Å²) in [7, 11) is 0. The largest absolute Gasteiger partial charge is 0.485 e. The number of nitriles is 1. The summed E-state index contributed by atoms with van der Waals surface area (Å²) >= 11 is 0. The highest BCUT2D eigenvalue weighted by Crippen LogP contribution is 2.43. The zero-order valence-electron chi connectivity index (χ0n) is 16.6. The average molecular weight is 430 g/mol. The van der Waals surface area contributed by atoms with Crippen LogP contribution in [-0.2, 0) is 16.1 Å². The molecule has 0 radical (unpaired) electrons. The Morgan fingerprint density at radius 1 is 1.23 bits per heavy atom. The molecule has 1 aromatic heterocycles. The Bertz CT molecular complexity index is 1120. The van der Waals surface area contributed by atoms with Gasteiger partial charge in [-0.05, 0) is 50.1 Å². The Morgan fingerprint density at radius 3 is 2.58 bits per heavy atom. The van der Waals surface area contributed by atoms with Gasteiger partial charge in [-0.3, -0.25) is 4.79 Å². The molecule has 0 spiro atoms. The van der Waals surface area contributed by atoms with Crippen LogP contribution in [-0.4, -0.2) is 33.1 Å². The molecule has 0 aliphatic carbocycles. The van der Waals surface area contributed by atoms with Crippen LogP contribution in [0.3, 0.4) is 0 Å². The summed E-state index contributed by atoms with van der Waals surface area (Å²) in [4.78, 5) is 43.6. The highest BCUT2D eigenvalue weighted by atomic mass is 17.0. The number of rotatable bonds is 7. The van der Waals surface area contributed by atoms with Crippen LogP contribution in [0, 0.1) is 31.6 Å². The van der Waals surface area contributed by atoms with E-state index >= 15 is 0 Å². The molecule has 162 valence electrons. The Morgan fingerprint density at radius 2 is 1.97 bits per heavy atom. The number of hydrogen-bond donors (Lipinski definition) is 0. The van der Waals surface area contributed by atoms with E-state index < -0.39 is 33.5 Å². The van der Waals surface area contributed by atoms with E-state index in [1.165, 1.54) is 22.9 Å². The lowest BCUT2D eigenvalue weighted by molar-refractivity contribution is -0.773. The van der Waals surface area contributed by atoms with E-state index in [4.69, 9.17) is 9.57 Å². The minimum Gasteiger partial charge on any atom is -0.485 e. The van der Waals surface area contributed by atoms with E-state index in [2.05, 4.69) is 4.84 Å². The summed E-state index contributed by atoms with van der Waals surface area (Å²) in [5.41, 5.74) is -0.527. The standard InChI is InChI=1S/C19H18N4O8/c1-19(2)18(31-23(27)28)17(14-9-13(11-20)3-4-15(14)30-19)21-7-5-12(10-16(21)24)6-8-29-22(25)26/h3-5,7,9-10,17-18H,6,8H2,1-2H3/t17-,18+/m1/s1. The molecule has 12 nitrogen and oxygen atoms in total. The van der Waals surface area contributed by atoms with E-state index in [1.807, 2.05) is 6.07 Å². The van der Waals surface area contributed by atoms with Crippen molar-refractivity contribution in [2.45, 2.75) is 38.0 Å². The first-order valence-corrected chi connectivity index (χ1v) is 9.15. The van der Waals surface area contributed by atoms with Crippen LogP contribution in [0.15, 0.2) is 41.3 Å². The van der Waals surface area contributed by atoms with Crippen molar-refractivity contribution < 1.29 is 24.6 Å². The number of pyridine rings is 1. The molecule has 1 aliphatic heterocycles. The highest BCUT2D eigenvalue weighted by Gasteiger charge is 2.48. The van der Waals surface area contributed by atoms with Crippen molar-refractivity contribution >= 4 is 0 Å². The summed E-state index contributed by atoms with van der Waals surface area (Å²) < 4.78 is 7.15. The molecule has 0 fully saturated rings. The molecule has 2 atom stereocenters. The van der Waals surface area contributed by atoms with Crippen molar-refractivity contribution in [1.29, 1.82) is 5.26 Å². The van der Waals surface area contributed by atoms with E-state index in [0.29, 0.717) is 16.9 Å². The zero-order chi connectivity index (χ0) is 22.8. The fourth-order valence-electron chi connectivity index (χ4n) is 3.55. The smallest absolute Gasteiger partial charge is 0.295 e. The minimum atomic E-state index is -1.20. The zero-order valence-corrected chi connectivity index (χ0v) is 16.6. The third kappa shape index (κ3) is 4.55.